The van der Waals surface area contributed by atoms with Crippen LogP contribution in [0.2, 0.25) is 0 Å². The number of benzene rings is 3. The molecule has 0 radical (unpaired) electrons. The molecule has 172 valence electrons. The van der Waals surface area contributed by atoms with Crippen LogP contribution < -0.4 is 19.1 Å². The molecule has 0 N–H and O–H groups in total. The summed E-state index contributed by atoms with van der Waals surface area (Å²) in [7, 11) is 1.62. The minimum absolute atomic E-state index is 0.222. The number of amidine groups is 1. The van der Waals surface area contributed by atoms with E-state index < -0.39 is 0 Å². The Hall–Kier alpha value is -3.78. The lowest BCUT2D eigenvalue weighted by Crippen LogP contribution is -2.28. The minimum atomic E-state index is -0.369. The molecule has 0 bridgehead atoms. The number of ether oxygens (including phenoxy) is 3. The van der Waals surface area contributed by atoms with E-state index in [2.05, 4.69) is 0 Å². The summed E-state index contributed by atoms with van der Waals surface area (Å²) in [4.78, 5) is 20.1. The number of carbonyl (C=O) groups excluding carboxylic acids is 1. The van der Waals surface area contributed by atoms with Gasteiger partial charge in [0.05, 0.1) is 24.2 Å². The zero-order valence-electron chi connectivity index (χ0n) is 18.4. The van der Waals surface area contributed by atoms with E-state index in [1.54, 1.807) is 25.3 Å². The van der Waals surface area contributed by atoms with Gasteiger partial charge in [0.15, 0.2) is 16.7 Å². The van der Waals surface area contributed by atoms with Crippen LogP contribution in [-0.4, -0.2) is 31.4 Å². The zero-order valence-corrected chi connectivity index (χ0v) is 19.2. The van der Waals surface area contributed by atoms with Gasteiger partial charge in [-0.25, -0.2) is 4.39 Å². The van der Waals surface area contributed by atoms with Crippen molar-refractivity contribution in [1.82, 2.24) is 0 Å². The van der Waals surface area contributed by atoms with Crippen molar-refractivity contribution in [2.24, 2.45) is 4.99 Å². The standard InChI is InChI=1S/C26H21FN2O4S/c1-31-21-9-2-17(3-10-21)16-28-26-29(20-7-5-19(27)6-8-20)25(30)24(34-26)15-18-4-11-22-23(14-18)33-13-12-32-22/h2-11,14-15H,12-13,16H2,1H3/b24-15-,28-26?. The number of carbonyl (C=O) groups is 1. The summed E-state index contributed by atoms with van der Waals surface area (Å²) in [6.07, 6.45) is 1.80. The molecule has 3 aromatic rings. The molecule has 1 amide bonds. The van der Waals surface area contributed by atoms with Crippen LogP contribution >= 0.6 is 11.8 Å². The summed E-state index contributed by atoms with van der Waals surface area (Å²) in [6, 6.07) is 19.0. The quantitative estimate of drug-likeness (QED) is 0.469. The number of thioether (sulfide) groups is 1. The molecule has 2 aliphatic rings. The topological polar surface area (TPSA) is 60.4 Å². The van der Waals surface area contributed by atoms with Gasteiger partial charge in [0, 0.05) is 0 Å². The average molecular weight is 477 g/mol. The Kier molecular flexibility index (Phi) is 6.22. The van der Waals surface area contributed by atoms with E-state index in [0.717, 1.165) is 16.9 Å². The van der Waals surface area contributed by atoms with Crippen LogP contribution in [0.3, 0.4) is 0 Å². The average Bonchev–Trinajstić information content (AvgIpc) is 3.18. The maximum absolute atomic E-state index is 13.5. The smallest absolute Gasteiger partial charge is 0.271 e. The Morgan fingerprint density at radius 3 is 2.50 bits per heavy atom. The van der Waals surface area contributed by atoms with Crippen molar-refractivity contribution >= 4 is 34.6 Å². The molecule has 0 aromatic heterocycles. The van der Waals surface area contributed by atoms with Gasteiger partial charge in [-0.1, -0.05) is 18.2 Å². The van der Waals surface area contributed by atoms with Crippen molar-refractivity contribution in [3.05, 3.63) is 88.6 Å². The molecule has 5 rings (SSSR count). The lowest BCUT2D eigenvalue weighted by Gasteiger charge is -2.18. The molecule has 34 heavy (non-hydrogen) atoms. The maximum Gasteiger partial charge on any atom is 0.271 e. The Morgan fingerprint density at radius 1 is 1.03 bits per heavy atom. The largest absolute Gasteiger partial charge is 0.497 e. The Morgan fingerprint density at radius 2 is 1.76 bits per heavy atom. The van der Waals surface area contributed by atoms with E-state index in [-0.39, 0.29) is 11.7 Å². The third kappa shape index (κ3) is 4.63. The van der Waals surface area contributed by atoms with Crippen molar-refractivity contribution in [2.75, 3.05) is 25.2 Å². The Balaban J connectivity index is 1.46. The molecule has 1 fully saturated rings. The van der Waals surface area contributed by atoms with Crippen molar-refractivity contribution in [2.45, 2.75) is 6.54 Å². The molecule has 0 unspecified atom stereocenters. The van der Waals surface area contributed by atoms with Gasteiger partial charge in [-0.05, 0) is 77.5 Å². The van der Waals surface area contributed by atoms with E-state index in [1.165, 1.54) is 28.8 Å². The van der Waals surface area contributed by atoms with E-state index in [9.17, 15) is 9.18 Å². The lowest BCUT2D eigenvalue weighted by atomic mass is 10.1. The van der Waals surface area contributed by atoms with E-state index in [4.69, 9.17) is 19.2 Å². The van der Waals surface area contributed by atoms with Gasteiger partial charge < -0.3 is 14.2 Å². The van der Waals surface area contributed by atoms with Crippen LogP contribution in [0.1, 0.15) is 11.1 Å². The fourth-order valence-corrected chi connectivity index (χ4v) is 4.57. The highest BCUT2D eigenvalue weighted by molar-refractivity contribution is 8.19. The number of fused-ring (bicyclic) bond motifs is 1. The molecular formula is C26H21FN2O4S. The molecule has 1 saturated heterocycles. The normalized spacial score (nSPS) is 17.5. The number of anilines is 1. The fraction of sp³-hybridized carbons (Fsp3) is 0.154. The lowest BCUT2D eigenvalue weighted by molar-refractivity contribution is -0.113. The molecule has 8 heteroatoms. The minimum Gasteiger partial charge on any atom is -0.497 e. The van der Waals surface area contributed by atoms with Gasteiger partial charge in [-0.15, -0.1) is 0 Å². The molecule has 2 heterocycles. The highest BCUT2D eigenvalue weighted by atomic mass is 32.2. The fourth-order valence-electron chi connectivity index (χ4n) is 3.59. The second kappa shape index (κ2) is 9.61. The number of halogens is 1. The summed E-state index contributed by atoms with van der Waals surface area (Å²) in [5.41, 5.74) is 2.35. The summed E-state index contributed by atoms with van der Waals surface area (Å²) in [5.74, 6) is 1.51. The molecule has 2 aliphatic heterocycles. The van der Waals surface area contributed by atoms with Crippen molar-refractivity contribution in [3.8, 4) is 17.2 Å². The number of hydrogen-bond acceptors (Lipinski definition) is 6. The predicted octanol–water partition coefficient (Wildman–Crippen LogP) is 5.28. The van der Waals surface area contributed by atoms with Gasteiger partial charge in [0.1, 0.15) is 24.8 Å². The summed E-state index contributed by atoms with van der Waals surface area (Å²) in [5, 5.41) is 0.524. The molecule has 0 saturated carbocycles. The summed E-state index contributed by atoms with van der Waals surface area (Å²) < 4.78 is 30.0. The van der Waals surface area contributed by atoms with Crippen LogP contribution in [0, 0.1) is 5.82 Å². The van der Waals surface area contributed by atoms with Crippen LogP contribution in [0.5, 0.6) is 17.2 Å². The zero-order chi connectivity index (χ0) is 23.5. The van der Waals surface area contributed by atoms with Gasteiger partial charge in [-0.2, -0.15) is 0 Å². The first-order valence-corrected chi connectivity index (χ1v) is 11.5. The van der Waals surface area contributed by atoms with E-state index in [1.807, 2.05) is 42.5 Å². The summed E-state index contributed by atoms with van der Waals surface area (Å²) >= 11 is 1.28. The first-order valence-electron chi connectivity index (χ1n) is 10.7. The highest BCUT2D eigenvalue weighted by Gasteiger charge is 2.34. The van der Waals surface area contributed by atoms with Crippen molar-refractivity contribution < 1.29 is 23.4 Å². The number of amides is 1. The van der Waals surface area contributed by atoms with Gasteiger partial charge >= 0.3 is 0 Å². The number of nitrogens with zero attached hydrogens (tertiary/aromatic N) is 2. The first-order chi connectivity index (χ1) is 16.6. The van der Waals surface area contributed by atoms with Crippen LogP contribution in [0.4, 0.5) is 10.1 Å². The highest BCUT2D eigenvalue weighted by Crippen LogP contribution is 2.38. The van der Waals surface area contributed by atoms with Gasteiger partial charge in [0.2, 0.25) is 0 Å². The van der Waals surface area contributed by atoms with Crippen molar-refractivity contribution in [1.29, 1.82) is 0 Å². The first kappa shape index (κ1) is 22.0. The number of aliphatic imine (C=N–C) groups is 1. The van der Waals surface area contributed by atoms with Crippen LogP contribution in [-0.2, 0) is 11.3 Å². The van der Waals surface area contributed by atoms with E-state index >= 15 is 0 Å². The van der Waals surface area contributed by atoms with Crippen molar-refractivity contribution in [3.63, 3.8) is 0 Å². The van der Waals surface area contributed by atoms with Crippen LogP contribution in [0.25, 0.3) is 6.08 Å². The second-order valence-corrected chi connectivity index (χ2v) is 8.59. The van der Waals surface area contributed by atoms with Crippen LogP contribution in [0.15, 0.2) is 76.6 Å². The molecule has 0 atom stereocenters. The molecular weight excluding hydrogens is 455 g/mol. The van der Waals surface area contributed by atoms with Gasteiger partial charge in [-0.3, -0.25) is 14.7 Å². The number of hydrogen-bond donors (Lipinski definition) is 0. The Bertz CT molecular complexity index is 1270. The van der Waals surface area contributed by atoms with Gasteiger partial charge in [0.25, 0.3) is 5.91 Å². The number of rotatable bonds is 5. The molecule has 3 aromatic carbocycles. The third-order valence-corrected chi connectivity index (χ3v) is 6.32. The molecule has 0 aliphatic carbocycles. The summed E-state index contributed by atoms with van der Waals surface area (Å²) in [6.45, 7) is 1.39. The SMILES string of the molecule is COc1ccc(CN=C2S/C(=C\c3ccc4c(c3)OCCO4)C(=O)N2c2ccc(F)cc2)cc1. The Labute approximate surface area is 200 Å². The monoisotopic (exact) mass is 476 g/mol. The third-order valence-electron chi connectivity index (χ3n) is 5.31. The maximum atomic E-state index is 13.5. The second-order valence-electron chi connectivity index (χ2n) is 7.58. The predicted molar refractivity (Wildman–Crippen MR) is 131 cm³/mol. The molecule has 0 spiro atoms. The van der Waals surface area contributed by atoms with E-state index in [0.29, 0.717) is 47.0 Å². The number of methoxy groups -OCH3 is 1. The molecule has 6 nitrogen and oxygen atoms in total.